The van der Waals surface area contributed by atoms with E-state index in [9.17, 15) is 13.5 Å². The second kappa shape index (κ2) is 5.63. The summed E-state index contributed by atoms with van der Waals surface area (Å²) >= 11 is 5.65. The highest BCUT2D eigenvalue weighted by Crippen LogP contribution is 2.16. The van der Waals surface area contributed by atoms with Crippen LogP contribution in [-0.4, -0.2) is 39.1 Å². The molecule has 0 aliphatic carbocycles. The van der Waals surface area contributed by atoms with Crippen molar-refractivity contribution < 1.29 is 18.3 Å². The second-order valence-corrected chi connectivity index (χ2v) is 5.82. The summed E-state index contributed by atoms with van der Waals surface area (Å²) in [5.41, 5.74) is 0. The lowest BCUT2D eigenvalue weighted by Crippen LogP contribution is -2.25. The molecule has 1 N–H and O–H groups in total. The molecular formula is C10H13ClO4S. The molecule has 1 aromatic carbocycles. The number of ether oxygens (including phenoxy) is 1. The summed E-state index contributed by atoms with van der Waals surface area (Å²) in [5, 5.41) is 9.84. The minimum atomic E-state index is -3.49. The van der Waals surface area contributed by atoms with Crippen molar-refractivity contribution in [3.05, 3.63) is 29.3 Å². The van der Waals surface area contributed by atoms with Crippen LogP contribution in [0.3, 0.4) is 0 Å². The predicted molar refractivity (Wildman–Crippen MR) is 61.4 cm³/mol. The van der Waals surface area contributed by atoms with Gasteiger partial charge in [0.05, 0.1) is 23.4 Å². The SMILES string of the molecule is COCC(O)CS(=O)(=O)c1ccc(Cl)cc1. The van der Waals surface area contributed by atoms with Crippen LogP contribution >= 0.6 is 11.6 Å². The van der Waals surface area contributed by atoms with Gasteiger partial charge in [0.25, 0.3) is 0 Å². The molecule has 6 heteroatoms. The molecule has 0 spiro atoms. The third kappa shape index (κ3) is 3.75. The maximum atomic E-state index is 11.8. The smallest absolute Gasteiger partial charge is 0.181 e. The summed E-state index contributed by atoms with van der Waals surface area (Å²) in [4.78, 5) is 0.145. The lowest BCUT2D eigenvalue weighted by atomic mass is 10.4. The van der Waals surface area contributed by atoms with Gasteiger partial charge >= 0.3 is 0 Å². The Balaban J connectivity index is 2.82. The van der Waals surface area contributed by atoms with Crippen LogP contribution in [0.4, 0.5) is 0 Å². The average molecular weight is 265 g/mol. The standard InChI is InChI=1S/C10H13ClO4S/c1-15-6-9(12)7-16(13,14)10-4-2-8(11)3-5-10/h2-5,9,12H,6-7H2,1H3. The van der Waals surface area contributed by atoms with Crippen molar-refractivity contribution in [2.75, 3.05) is 19.5 Å². The van der Waals surface area contributed by atoms with E-state index in [2.05, 4.69) is 4.74 Å². The van der Waals surface area contributed by atoms with E-state index >= 15 is 0 Å². The molecule has 4 nitrogen and oxygen atoms in total. The van der Waals surface area contributed by atoms with Crippen molar-refractivity contribution in [3.63, 3.8) is 0 Å². The Labute approximate surface area is 99.7 Å². The lowest BCUT2D eigenvalue weighted by Gasteiger charge is -2.10. The molecule has 1 unspecified atom stereocenters. The first-order valence-corrected chi connectivity index (χ1v) is 6.64. The number of rotatable bonds is 5. The minimum Gasteiger partial charge on any atom is -0.390 e. The van der Waals surface area contributed by atoms with Gasteiger partial charge in [-0.3, -0.25) is 0 Å². The van der Waals surface area contributed by atoms with Crippen LogP contribution in [0, 0.1) is 0 Å². The van der Waals surface area contributed by atoms with Gasteiger partial charge < -0.3 is 9.84 Å². The van der Waals surface area contributed by atoms with Crippen LogP contribution in [0.1, 0.15) is 0 Å². The van der Waals surface area contributed by atoms with E-state index in [1.165, 1.54) is 31.4 Å². The molecule has 0 heterocycles. The Bertz CT molecular complexity index is 427. The van der Waals surface area contributed by atoms with Gasteiger partial charge in [0, 0.05) is 12.1 Å². The van der Waals surface area contributed by atoms with Gasteiger partial charge in [0.2, 0.25) is 0 Å². The predicted octanol–water partition coefficient (Wildman–Crippen LogP) is 1.12. The monoisotopic (exact) mass is 264 g/mol. The van der Waals surface area contributed by atoms with Gasteiger partial charge in [0.1, 0.15) is 0 Å². The Morgan fingerprint density at radius 2 is 1.94 bits per heavy atom. The third-order valence-corrected chi connectivity index (χ3v) is 4.01. The molecular weight excluding hydrogens is 252 g/mol. The first-order chi connectivity index (χ1) is 7.45. The molecule has 1 atom stereocenters. The van der Waals surface area contributed by atoms with Crippen molar-refractivity contribution in [1.82, 2.24) is 0 Å². The fourth-order valence-electron chi connectivity index (χ4n) is 1.23. The number of aliphatic hydroxyl groups is 1. The quantitative estimate of drug-likeness (QED) is 0.866. The molecule has 0 aromatic heterocycles. The minimum absolute atomic E-state index is 0.00712. The van der Waals surface area contributed by atoms with Crippen molar-refractivity contribution >= 4 is 21.4 Å². The molecule has 0 bridgehead atoms. The number of hydrogen-bond acceptors (Lipinski definition) is 4. The summed E-state index contributed by atoms with van der Waals surface area (Å²) in [6, 6.07) is 5.82. The highest BCUT2D eigenvalue weighted by atomic mass is 35.5. The van der Waals surface area contributed by atoms with E-state index in [4.69, 9.17) is 11.6 Å². The van der Waals surface area contributed by atoms with Crippen LogP contribution in [-0.2, 0) is 14.6 Å². The first-order valence-electron chi connectivity index (χ1n) is 4.61. The van der Waals surface area contributed by atoms with Gasteiger partial charge in [-0.2, -0.15) is 0 Å². The zero-order valence-electron chi connectivity index (χ0n) is 8.76. The number of sulfone groups is 1. The van der Waals surface area contributed by atoms with Gasteiger partial charge in [-0.25, -0.2) is 8.42 Å². The van der Waals surface area contributed by atoms with Crippen LogP contribution in [0.15, 0.2) is 29.2 Å². The summed E-state index contributed by atoms with van der Waals surface area (Å²) in [6.07, 6.45) is -1.02. The number of halogens is 1. The van der Waals surface area contributed by atoms with Gasteiger partial charge in [-0.1, -0.05) is 11.6 Å². The third-order valence-electron chi connectivity index (χ3n) is 1.94. The fraction of sp³-hybridized carbons (Fsp3) is 0.400. The highest BCUT2D eigenvalue weighted by molar-refractivity contribution is 7.91. The molecule has 90 valence electrons. The molecule has 0 fully saturated rings. The van der Waals surface area contributed by atoms with Crippen LogP contribution in [0.5, 0.6) is 0 Å². The van der Waals surface area contributed by atoms with Crippen molar-refractivity contribution in [2.45, 2.75) is 11.0 Å². The molecule has 0 saturated heterocycles. The molecule has 0 radical (unpaired) electrons. The fourth-order valence-corrected chi connectivity index (χ4v) is 2.70. The van der Waals surface area contributed by atoms with Crippen LogP contribution in [0.2, 0.25) is 5.02 Å². The van der Waals surface area contributed by atoms with Gasteiger partial charge in [-0.15, -0.1) is 0 Å². The molecule has 16 heavy (non-hydrogen) atoms. The Morgan fingerprint density at radius 3 is 2.44 bits per heavy atom. The molecule has 0 saturated carbocycles. The normalized spacial score (nSPS) is 13.7. The van der Waals surface area contributed by atoms with Crippen LogP contribution < -0.4 is 0 Å². The summed E-state index contributed by atoms with van der Waals surface area (Å²) in [5.74, 6) is -0.359. The van der Waals surface area contributed by atoms with E-state index in [1.807, 2.05) is 0 Å². The van der Waals surface area contributed by atoms with E-state index < -0.39 is 15.9 Å². The number of methoxy groups -OCH3 is 1. The maximum absolute atomic E-state index is 11.8. The molecule has 0 amide bonds. The highest BCUT2D eigenvalue weighted by Gasteiger charge is 2.19. The van der Waals surface area contributed by atoms with Crippen molar-refractivity contribution in [2.24, 2.45) is 0 Å². The van der Waals surface area contributed by atoms with E-state index in [1.54, 1.807) is 0 Å². The number of benzene rings is 1. The number of aliphatic hydroxyl groups excluding tert-OH is 1. The maximum Gasteiger partial charge on any atom is 0.181 e. The Kier molecular flexibility index (Phi) is 4.73. The van der Waals surface area contributed by atoms with Crippen LogP contribution in [0.25, 0.3) is 0 Å². The number of hydrogen-bond donors (Lipinski definition) is 1. The summed E-state index contributed by atoms with van der Waals surface area (Å²) < 4.78 is 28.2. The molecule has 0 aliphatic heterocycles. The molecule has 1 rings (SSSR count). The first kappa shape index (κ1) is 13.4. The van der Waals surface area contributed by atoms with Gasteiger partial charge in [-0.05, 0) is 24.3 Å². The van der Waals surface area contributed by atoms with Gasteiger partial charge in [0.15, 0.2) is 9.84 Å². The lowest BCUT2D eigenvalue weighted by molar-refractivity contribution is 0.0783. The van der Waals surface area contributed by atoms with E-state index in [0.717, 1.165) is 0 Å². The largest absolute Gasteiger partial charge is 0.390 e. The average Bonchev–Trinajstić information content (AvgIpc) is 2.17. The summed E-state index contributed by atoms with van der Waals surface area (Å²) in [6.45, 7) is -0.00712. The zero-order chi connectivity index (χ0) is 12.2. The zero-order valence-corrected chi connectivity index (χ0v) is 10.3. The van der Waals surface area contributed by atoms with E-state index in [-0.39, 0.29) is 17.3 Å². The molecule has 0 aliphatic rings. The van der Waals surface area contributed by atoms with Crippen molar-refractivity contribution in [3.8, 4) is 0 Å². The van der Waals surface area contributed by atoms with E-state index in [0.29, 0.717) is 5.02 Å². The second-order valence-electron chi connectivity index (χ2n) is 3.34. The Hall–Kier alpha value is -0.620. The summed E-state index contributed by atoms with van der Waals surface area (Å²) in [7, 11) is -2.09. The van der Waals surface area contributed by atoms with Crippen molar-refractivity contribution in [1.29, 1.82) is 0 Å². The molecule has 1 aromatic rings. The Morgan fingerprint density at radius 1 is 1.38 bits per heavy atom. The topological polar surface area (TPSA) is 63.6 Å².